The number of hydrogen-bond acceptors (Lipinski definition) is 7. The third-order valence-corrected chi connectivity index (χ3v) is 5.31. The Morgan fingerprint density at radius 2 is 1.82 bits per heavy atom. The number of fused-ring (bicyclic) bond motifs is 1. The zero-order valence-electron chi connectivity index (χ0n) is 15.4. The van der Waals surface area contributed by atoms with Gasteiger partial charge in [0.05, 0.1) is 5.69 Å². The summed E-state index contributed by atoms with van der Waals surface area (Å²) in [6.07, 6.45) is -0.874. The van der Waals surface area contributed by atoms with Gasteiger partial charge in [-0.3, -0.25) is 4.79 Å². The predicted molar refractivity (Wildman–Crippen MR) is 106 cm³/mol. The second kappa shape index (κ2) is 8.63. The van der Waals surface area contributed by atoms with E-state index in [2.05, 4.69) is 0 Å². The summed E-state index contributed by atoms with van der Waals surface area (Å²) < 4.78 is 10.5. The van der Waals surface area contributed by atoms with Gasteiger partial charge in [0.25, 0.3) is 0 Å². The molecule has 1 heterocycles. The SMILES string of the molecule is C[C@H](Oc1ccccc1)C(=O)OCC(=O)/C(C#N)=C1\Sc2ccccc2N1C. The zero-order valence-corrected chi connectivity index (χ0v) is 16.2. The van der Waals surface area contributed by atoms with Crippen molar-refractivity contribution in [3.05, 3.63) is 65.2 Å². The van der Waals surface area contributed by atoms with Crippen molar-refractivity contribution in [2.75, 3.05) is 18.6 Å². The number of hydrogen-bond donors (Lipinski definition) is 0. The number of thioether (sulfide) groups is 1. The molecule has 1 aliphatic heterocycles. The van der Waals surface area contributed by atoms with E-state index in [0.717, 1.165) is 10.6 Å². The van der Waals surface area contributed by atoms with Crippen LogP contribution in [-0.2, 0) is 14.3 Å². The number of carbonyl (C=O) groups is 2. The van der Waals surface area contributed by atoms with Crippen LogP contribution in [0.3, 0.4) is 0 Å². The lowest BCUT2D eigenvalue weighted by atomic mass is 10.2. The molecular weight excluding hydrogens is 376 g/mol. The van der Waals surface area contributed by atoms with E-state index < -0.39 is 24.5 Å². The number of anilines is 1. The van der Waals surface area contributed by atoms with Crippen LogP contribution in [0.5, 0.6) is 5.75 Å². The predicted octanol–water partition coefficient (Wildman–Crippen LogP) is 3.54. The Morgan fingerprint density at radius 1 is 1.14 bits per heavy atom. The van der Waals surface area contributed by atoms with Gasteiger partial charge in [-0.1, -0.05) is 42.1 Å². The quantitative estimate of drug-likeness (QED) is 0.421. The van der Waals surface area contributed by atoms with Crippen LogP contribution in [0, 0.1) is 11.3 Å². The van der Waals surface area contributed by atoms with Crippen molar-refractivity contribution < 1.29 is 19.1 Å². The van der Waals surface area contributed by atoms with E-state index in [9.17, 15) is 14.9 Å². The molecule has 0 saturated heterocycles. The van der Waals surface area contributed by atoms with Crippen molar-refractivity contribution in [3.63, 3.8) is 0 Å². The summed E-state index contributed by atoms with van der Waals surface area (Å²) in [7, 11) is 1.79. The number of nitrogens with zero attached hydrogens (tertiary/aromatic N) is 2. The van der Waals surface area contributed by atoms with Crippen LogP contribution < -0.4 is 9.64 Å². The van der Waals surface area contributed by atoms with E-state index in [1.165, 1.54) is 11.8 Å². The van der Waals surface area contributed by atoms with Gasteiger partial charge in [-0.25, -0.2) is 4.79 Å². The molecule has 6 nitrogen and oxygen atoms in total. The van der Waals surface area contributed by atoms with Gasteiger partial charge >= 0.3 is 5.97 Å². The maximum Gasteiger partial charge on any atom is 0.347 e. The lowest BCUT2D eigenvalue weighted by molar-refractivity contribution is -0.153. The molecule has 0 bridgehead atoms. The van der Waals surface area contributed by atoms with E-state index in [-0.39, 0.29) is 5.57 Å². The van der Waals surface area contributed by atoms with Crippen LogP contribution in [0.1, 0.15) is 6.92 Å². The molecule has 2 aromatic rings. The van der Waals surface area contributed by atoms with Gasteiger partial charge in [-0.05, 0) is 31.2 Å². The molecule has 0 unspecified atom stereocenters. The first kappa shape index (κ1) is 19.5. The van der Waals surface area contributed by atoms with E-state index in [4.69, 9.17) is 9.47 Å². The van der Waals surface area contributed by atoms with E-state index >= 15 is 0 Å². The molecule has 3 rings (SSSR count). The summed E-state index contributed by atoms with van der Waals surface area (Å²) in [6.45, 7) is 1.03. The molecule has 2 aromatic carbocycles. The third kappa shape index (κ3) is 4.18. The molecule has 1 aliphatic rings. The fraction of sp³-hybridized carbons (Fsp3) is 0.190. The van der Waals surface area contributed by atoms with E-state index in [0.29, 0.717) is 10.8 Å². The van der Waals surface area contributed by atoms with Crippen LogP contribution in [0.25, 0.3) is 0 Å². The van der Waals surface area contributed by atoms with Gasteiger partial charge in [0.15, 0.2) is 12.7 Å². The zero-order chi connectivity index (χ0) is 20.1. The summed E-state index contributed by atoms with van der Waals surface area (Å²) in [5.41, 5.74) is 0.887. The highest BCUT2D eigenvalue weighted by molar-refractivity contribution is 8.03. The third-order valence-electron chi connectivity index (χ3n) is 4.08. The molecule has 0 amide bonds. The van der Waals surface area contributed by atoms with Crippen molar-refractivity contribution in [2.24, 2.45) is 0 Å². The van der Waals surface area contributed by atoms with Gasteiger partial charge in [-0.2, -0.15) is 5.26 Å². The number of ether oxygens (including phenoxy) is 2. The Balaban J connectivity index is 1.64. The molecule has 28 heavy (non-hydrogen) atoms. The van der Waals surface area contributed by atoms with Crippen LogP contribution in [0.2, 0.25) is 0 Å². The topological polar surface area (TPSA) is 79.6 Å². The number of nitriles is 1. The van der Waals surface area contributed by atoms with Gasteiger partial charge in [-0.15, -0.1) is 0 Å². The van der Waals surface area contributed by atoms with Crippen LogP contribution >= 0.6 is 11.8 Å². The minimum absolute atomic E-state index is 0.0341. The number of carbonyl (C=O) groups excluding carboxylic acids is 2. The summed E-state index contributed by atoms with van der Waals surface area (Å²) in [6, 6.07) is 18.4. The van der Waals surface area contributed by atoms with Gasteiger partial charge < -0.3 is 14.4 Å². The first-order chi connectivity index (χ1) is 13.5. The second-order valence-corrected chi connectivity index (χ2v) is 7.06. The monoisotopic (exact) mass is 394 g/mol. The van der Waals surface area contributed by atoms with Crippen molar-refractivity contribution in [2.45, 2.75) is 17.9 Å². The number of rotatable bonds is 6. The number of Topliss-reactive ketones (excluding diaryl/α,β-unsaturated/α-hetero) is 1. The fourth-order valence-electron chi connectivity index (χ4n) is 2.63. The van der Waals surface area contributed by atoms with E-state index in [1.54, 1.807) is 43.1 Å². The molecule has 142 valence electrons. The molecule has 0 fully saturated rings. The van der Waals surface area contributed by atoms with Crippen molar-refractivity contribution in [3.8, 4) is 11.8 Å². The lowest BCUT2D eigenvalue weighted by Gasteiger charge is -2.15. The first-order valence-electron chi connectivity index (χ1n) is 8.57. The van der Waals surface area contributed by atoms with Crippen molar-refractivity contribution in [1.29, 1.82) is 5.26 Å². The lowest BCUT2D eigenvalue weighted by Crippen LogP contribution is -2.28. The van der Waals surface area contributed by atoms with Crippen LogP contribution in [0.4, 0.5) is 5.69 Å². The Labute approximate surface area is 167 Å². The minimum Gasteiger partial charge on any atom is -0.479 e. The van der Waals surface area contributed by atoms with Gasteiger partial charge in [0, 0.05) is 11.9 Å². The summed E-state index contributed by atoms with van der Waals surface area (Å²) >= 11 is 1.34. The van der Waals surface area contributed by atoms with Crippen LogP contribution in [-0.4, -0.2) is 31.5 Å². The summed E-state index contributed by atoms with van der Waals surface area (Å²) in [4.78, 5) is 27.4. The molecule has 0 saturated carbocycles. The average Bonchev–Trinajstić information content (AvgIpc) is 3.04. The highest BCUT2D eigenvalue weighted by Gasteiger charge is 2.28. The summed E-state index contributed by atoms with van der Waals surface area (Å²) in [5, 5.41) is 10.0. The second-order valence-electron chi connectivity index (χ2n) is 6.02. The number of para-hydroxylation sites is 2. The number of benzene rings is 2. The largest absolute Gasteiger partial charge is 0.479 e. The fourth-order valence-corrected chi connectivity index (χ4v) is 3.79. The minimum atomic E-state index is -0.874. The van der Waals surface area contributed by atoms with Crippen LogP contribution in [0.15, 0.2) is 70.1 Å². The van der Waals surface area contributed by atoms with Crippen molar-refractivity contribution >= 4 is 29.2 Å². The van der Waals surface area contributed by atoms with E-state index in [1.807, 2.05) is 36.4 Å². The normalized spacial score (nSPS) is 15.2. The molecular formula is C21H18N2O4S. The molecule has 1 atom stereocenters. The molecule has 0 aromatic heterocycles. The smallest absolute Gasteiger partial charge is 0.347 e. The highest BCUT2D eigenvalue weighted by atomic mass is 32.2. The Hall–Kier alpha value is -3.24. The van der Waals surface area contributed by atoms with Crippen molar-refractivity contribution in [1.82, 2.24) is 0 Å². The molecule has 7 heteroatoms. The number of ketones is 1. The molecule has 0 aliphatic carbocycles. The Kier molecular flexibility index (Phi) is 6.02. The Bertz CT molecular complexity index is 966. The first-order valence-corrected chi connectivity index (χ1v) is 9.39. The molecule has 0 radical (unpaired) electrons. The van der Waals surface area contributed by atoms with Gasteiger partial charge in [0.1, 0.15) is 22.4 Å². The standard InChI is InChI=1S/C21H18N2O4S/c1-14(27-15-8-4-3-5-9-15)21(25)26-13-18(24)16(12-22)20-23(2)17-10-6-7-11-19(17)28-20/h3-11,14H,13H2,1-2H3/b20-16-/t14-/m0/s1. The molecule has 0 spiro atoms. The average molecular weight is 394 g/mol. The summed E-state index contributed by atoms with van der Waals surface area (Å²) in [5.74, 6) is -0.694. The maximum atomic E-state index is 12.5. The molecule has 0 N–H and O–H groups in total. The highest BCUT2D eigenvalue weighted by Crippen LogP contribution is 2.46. The number of esters is 1. The maximum absolute atomic E-state index is 12.5. The van der Waals surface area contributed by atoms with Gasteiger partial charge in [0.2, 0.25) is 5.78 Å². The Morgan fingerprint density at radius 3 is 2.50 bits per heavy atom.